The van der Waals surface area contributed by atoms with Crippen LogP contribution in [0.2, 0.25) is 0 Å². The maximum atomic E-state index is 10.7. The molecule has 1 aromatic carbocycles. The molecule has 0 unspecified atom stereocenters. The summed E-state index contributed by atoms with van der Waals surface area (Å²) in [5.74, 6) is -0.722. The lowest BCUT2D eigenvalue weighted by atomic mass is 10.1. The summed E-state index contributed by atoms with van der Waals surface area (Å²) >= 11 is 0. The number of aromatic nitrogens is 1. The number of carbonyl (C=O) groups is 1. The molecule has 1 aromatic heterocycles. The van der Waals surface area contributed by atoms with Gasteiger partial charge in [-0.05, 0) is 18.1 Å². The van der Waals surface area contributed by atoms with Gasteiger partial charge in [0.25, 0.3) is 5.91 Å². The Morgan fingerprint density at radius 3 is 2.93 bits per heavy atom. The molecule has 2 rings (SSSR count). The molecule has 2 aromatic rings. The van der Waals surface area contributed by atoms with Crippen LogP contribution in [0.4, 0.5) is 0 Å². The van der Waals surface area contributed by atoms with Crippen LogP contribution >= 0.6 is 0 Å². The zero-order valence-electron chi connectivity index (χ0n) is 8.16. The summed E-state index contributed by atoms with van der Waals surface area (Å²) in [4.78, 5) is 13.8. The Morgan fingerprint density at radius 1 is 1.47 bits per heavy atom. The van der Waals surface area contributed by atoms with E-state index < -0.39 is 11.9 Å². The molecule has 4 N–H and O–H groups in total. The molecule has 0 bridgehead atoms. The first kappa shape index (κ1) is 9.73. The van der Waals surface area contributed by atoms with Gasteiger partial charge in [-0.2, -0.15) is 0 Å². The summed E-state index contributed by atoms with van der Waals surface area (Å²) < 4.78 is 0. The zero-order chi connectivity index (χ0) is 10.8. The van der Waals surface area contributed by atoms with E-state index in [1.54, 1.807) is 0 Å². The van der Waals surface area contributed by atoms with Crippen molar-refractivity contribution in [3.63, 3.8) is 0 Å². The van der Waals surface area contributed by atoms with Crippen molar-refractivity contribution in [3.05, 3.63) is 36.0 Å². The molecule has 1 radical (unpaired) electrons. The molecule has 0 aliphatic carbocycles. The van der Waals surface area contributed by atoms with Gasteiger partial charge in [-0.1, -0.05) is 18.2 Å². The molecule has 15 heavy (non-hydrogen) atoms. The minimum absolute atomic E-state index is 0.409. The van der Waals surface area contributed by atoms with E-state index in [2.05, 4.69) is 4.98 Å². The van der Waals surface area contributed by atoms with Crippen LogP contribution in [-0.4, -0.2) is 16.9 Å². The van der Waals surface area contributed by atoms with Crippen LogP contribution in [0.1, 0.15) is 5.56 Å². The highest BCUT2D eigenvalue weighted by molar-refractivity contribution is 5.85. The fourth-order valence-electron chi connectivity index (χ4n) is 1.63. The zero-order valence-corrected chi connectivity index (χ0v) is 8.16. The molecule has 4 nitrogen and oxygen atoms in total. The fourth-order valence-corrected chi connectivity index (χ4v) is 1.63. The molecule has 0 aliphatic rings. The number of fused-ring (bicyclic) bond motifs is 1. The SMILES string of the molecule is [NH]C(=O)[C@@H](N)Cc1c[nH]c2ccccc12. The minimum atomic E-state index is -0.732. The number of carbonyl (C=O) groups excluding carboxylic acids is 1. The Bertz CT molecular complexity index is 489. The van der Waals surface area contributed by atoms with Crippen LogP contribution in [0.25, 0.3) is 10.9 Å². The average Bonchev–Trinajstić information content (AvgIpc) is 2.62. The van der Waals surface area contributed by atoms with Crippen LogP contribution in [0.15, 0.2) is 30.5 Å². The first-order valence-corrected chi connectivity index (χ1v) is 4.74. The number of hydrogen-bond acceptors (Lipinski definition) is 2. The average molecular weight is 202 g/mol. The molecule has 1 atom stereocenters. The molecule has 0 spiro atoms. The Hall–Kier alpha value is -1.81. The van der Waals surface area contributed by atoms with E-state index in [0.29, 0.717) is 6.42 Å². The lowest BCUT2D eigenvalue weighted by molar-refractivity contribution is -0.119. The van der Waals surface area contributed by atoms with Crippen LogP contribution in [0, 0.1) is 0 Å². The van der Waals surface area contributed by atoms with Crippen molar-refractivity contribution in [2.24, 2.45) is 5.73 Å². The fraction of sp³-hybridized carbons (Fsp3) is 0.182. The summed E-state index contributed by atoms with van der Waals surface area (Å²) in [6.07, 6.45) is 2.25. The number of rotatable bonds is 3. The summed E-state index contributed by atoms with van der Waals surface area (Å²) in [5.41, 5.74) is 14.5. The van der Waals surface area contributed by atoms with E-state index in [-0.39, 0.29) is 0 Å². The third kappa shape index (κ3) is 1.85. The second kappa shape index (κ2) is 3.74. The summed E-state index contributed by atoms with van der Waals surface area (Å²) in [7, 11) is 0. The van der Waals surface area contributed by atoms with Crippen LogP contribution in [0.5, 0.6) is 0 Å². The van der Waals surface area contributed by atoms with Gasteiger partial charge >= 0.3 is 0 Å². The summed E-state index contributed by atoms with van der Waals surface area (Å²) in [6.45, 7) is 0. The maximum absolute atomic E-state index is 10.7. The standard InChI is InChI=1S/C11H12N3O/c12-9(11(13)15)5-7-6-14-10-4-2-1-3-8(7)10/h1-4,6,9,13-14H,5,12H2/t9-/m0/s1. The van der Waals surface area contributed by atoms with Gasteiger partial charge in [-0.3, -0.25) is 10.5 Å². The third-order valence-electron chi connectivity index (χ3n) is 2.45. The number of benzene rings is 1. The van der Waals surface area contributed by atoms with Gasteiger partial charge in [0.05, 0.1) is 6.04 Å². The lowest BCUT2D eigenvalue weighted by Gasteiger charge is -2.04. The Morgan fingerprint density at radius 2 is 2.20 bits per heavy atom. The van der Waals surface area contributed by atoms with Gasteiger partial charge in [0.15, 0.2) is 0 Å². The van der Waals surface area contributed by atoms with E-state index in [4.69, 9.17) is 11.5 Å². The van der Waals surface area contributed by atoms with Crippen LogP contribution in [0.3, 0.4) is 0 Å². The third-order valence-corrected chi connectivity index (χ3v) is 2.45. The molecule has 1 heterocycles. The maximum Gasteiger partial charge on any atom is 0.255 e. The Labute approximate surface area is 87.3 Å². The first-order chi connectivity index (χ1) is 7.18. The number of hydrogen-bond donors (Lipinski definition) is 2. The van der Waals surface area contributed by atoms with E-state index in [1.807, 2.05) is 30.5 Å². The summed E-state index contributed by atoms with van der Waals surface area (Å²) in [6, 6.07) is 7.09. The van der Waals surface area contributed by atoms with E-state index in [9.17, 15) is 4.79 Å². The molecule has 1 amide bonds. The van der Waals surface area contributed by atoms with E-state index >= 15 is 0 Å². The number of para-hydroxylation sites is 1. The molecule has 0 saturated carbocycles. The topological polar surface area (TPSA) is 82.7 Å². The minimum Gasteiger partial charge on any atom is -0.361 e. The highest BCUT2D eigenvalue weighted by Crippen LogP contribution is 2.18. The van der Waals surface area contributed by atoms with Crippen molar-refractivity contribution < 1.29 is 4.79 Å². The predicted octanol–water partition coefficient (Wildman–Crippen LogP) is 0.847. The largest absolute Gasteiger partial charge is 0.361 e. The van der Waals surface area contributed by atoms with Gasteiger partial charge in [0, 0.05) is 17.1 Å². The number of H-pyrrole nitrogens is 1. The number of amides is 1. The molecule has 0 aliphatic heterocycles. The van der Waals surface area contributed by atoms with Gasteiger partial charge < -0.3 is 10.7 Å². The lowest BCUT2D eigenvalue weighted by Crippen LogP contribution is -2.33. The van der Waals surface area contributed by atoms with Crippen molar-refractivity contribution in [3.8, 4) is 0 Å². The van der Waals surface area contributed by atoms with Crippen molar-refractivity contribution in [2.45, 2.75) is 12.5 Å². The molecule has 0 fully saturated rings. The molecule has 77 valence electrons. The summed E-state index contributed by atoms with van der Waals surface area (Å²) in [5, 5.41) is 1.06. The number of nitrogens with two attached hydrogens (primary N) is 1. The Balaban J connectivity index is 2.32. The van der Waals surface area contributed by atoms with Gasteiger partial charge in [-0.15, -0.1) is 0 Å². The van der Waals surface area contributed by atoms with Crippen LogP contribution in [-0.2, 0) is 11.2 Å². The van der Waals surface area contributed by atoms with Crippen molar-refractivity contribution in [2.75, 3.05) is 0 Å². The number of aromatic amines is 1. The Kier molecular flexibility index (Phi) is 2.43. The van der Waals surface area contributed by atoms with Crippen molar-refractivity contribution in [1.29, 1.82) is 0 Å². The van der Waals surface area contributed by atoms with Crippen molar-refractivity contribution in [1.82, 2.24) is 10.7 Å². The highest BCUT2D eigenvalue weighted by Gasteiger charge is 2.13. The second-order valence-corrected chi connectivity index (χ2v) is 3.53. The monoisotopic (exact) mass is 202 g/mol. The molecule has 0 saturated heterocycles. The molecular formula is C11H12N3O. The van der Waals surface area contributed by atoms with Gasteiger partial charge in [0.2, 0.25) is 0 Å². The van der Waals surface area contributed by atoms with Gasteiger partial charge in [0.1, 0.15) is 0 Å². The second-order valence-electron chi connectivity index (χ2n) is 3.53. The molecular weight excluding hydrogens is 190 g/mol. The molecule has 4 heteroatoms. The van der Waals surface area contributed by atoms with Crippen molar-refractivity contribution >= 4 is 16.8 Å². The van der Waals surface area contributed by atoms with E-state index in [0.717, 1.165) is 16.5 Å². The quantitative estimate of drug-likeness (QED) is 0.773. The first-order valence-electron chi connectivity index (χ1n) is 4.74. The van der Waals surface area contributed by atoms with Gasteiger partial charge in [-0.25, -0.2) is 0 Å². The predicted molar refractivity (Wildman–Crippen MR) is 58.1 cm³/mol. The number of nitrogens with one attached hydrogen (secondary N) is 2. The van der Waals surface area contributed by atoms with E-state index in [1.165, 1.54) is 0 Å². The smallest absolute Gasteiger partial charge is 0.255 e. The van der Waals surface area contributed by atoms with Crippen LogP contribution < -0.4 is 11.5 Å². The normalized spacial score (nSPS) is 12.9. The highest BCUT2D eigenvalue weighted by atomic mass is 16.1.